The summed E-state index contributed by atoms with van der Waals surface area (Å²) in [5.41, 5.74) is 0. The first-order valence-corrected chi connectivity index (χ1v) is 10.6. The highest BCUT2D eigenvalue weighted by Gasteiger charge is 2.32. The third-order valence-corrected chi connectivity index (χ3v) is 5.61. The maximum atomic E-state index is 13.8. The molecule has 1 aliphatic rings. The molecular formula is C15H26FN3O2S2. The van der Waals surface area contributed by atoms with Gasteiger partial charge in [-0.1, -0.05) is 6.07 Å². The molecule has 0 spiro atoms. The Balaban J connectivity index is 1.75. The molecule has 0 aromatic carbocycles. The second-order valence-corrected chi connectivity index (χ2v) is 9.14. The average molecular weight is 364 g/mol. The van der Waals surface area contributed by atoms with Crippen LogP contribution in [-0.2, 0) is 16.6 Å². The molecule has 0 radical (unpaired) electrons. The Morgan fingerprint density at radius 1 is 1.52 bits per heavy atom. The van der Waals surface area contributed by atoms with Crippen LogP contribution in [0.5, 0.6) is 0 Å². The molecule has 0 aliphatic carbocycles. The van der Waals surface area contributed by atoms with Crippen molar-refractivity contribution in [3.05, 3.63) is 22.4 Å². The summed E-state index contributed by atoms with van der Waals surface area (Å²) >= 11 is 1.71. The molecule has 1 aliphatic heterocycles. The van der Waals surface area contributed by atoms with Crippen molar-refractivity contribution in [3.63, 3.8) is 0 Å². The predicted octanol–water partition coefficient (Wildman–Crippen LogP) is 1.53. The normalized spacial score (nSPS) is 23.0. The highest BCUT2D eigenvalue weighted by atomic mass is 32.2. The quantitative estimate of drug-likeness (QED) is 0.676. The standard InChI is InChI=1S/C15H26FN3O2S2/c1-18(7-4-6-17-23(2,20)21)11-14-9-13(16)10-19(14)12-15-5-3-8-22-15/h3,5,8,13-14,17H,4,6-7,9-12H2,1-2H3/t13-,14-/m0/s1. The summed E-state index contributed by atoms with van der Waals surface area (Å²) in [6, 6.07) is 4.34. The molecule has 23 heavy (non-hydrogen) atoms. The zero-order valence-electron chi connectivity index (χ0n) is 13.7. The molecule has 0 saturated carbocycles. The lowest BCUT2D eigenvalue weighted by molar-refractivity contribution is 0.184. The van der Waals surface area contributed by atoms with Gasteiger partial charge in [0.1, 0.15) is 6.17 Å². The summed E-state index contributed by atoms with van der Waals surface area (Å²) in [5.74, 6) is 0. The summed E-state index contributed by atoms with van der Waals surface area (Å²) in [6.45, 7) is 3.37. The first-order valence-electron chi connectivity index (χ1n) is 7.87. The lowest BCUT2D eigenvalue weighted by atomic mass is 10.2. The van der Waals surface area contributed by atoms with E-state index in [2.05, 4.69) is 20.6 Å². The van der Waals surface area contributed by atoms with Crippen molar-refractivity contribution in [2.45, 2.75) is 31.6 Å². The van der Waals surface area contributed by atoms with Gasteiger partial charge in [-0.2, -0.15) is 0 Å². The van der Waals surface area contributed by atoms with Gasteiger partial charge in [-0.15, -0.1) is 11.3 Å². The van der Waals surface area contributed by atoms with Gasteiger partial charge >= 0.3 is 0 Å². The Bertz CT molecular complexity index is 565. The van der Waals surface area contributed by atoms with E-state index >= 15 is 0 Å². The van der Waals surface area contributed by atoms with Crippen molar-refractivity contribution in [1.29, 1.82) is 0 Å². The van der Waals surface area contributed by atoms with Crippen molar-refractivity contribution in [1.82, 2.24) is 14.5 Å². The van der Waals surface area contributed by atoms with Crippen LogP contribution in [-0.4, -0.2) is 69.9 Å². The maximum Gasteiger partial charge on any atom is 0.208 e. The molecule has 5 nitrogen and oxygen atoms in total. The Labute approximate surface area is 142 Å². The van der Waals surface area contributed by atoms with Gasteiger partial charge in [0.25, 0.3) is 0 Å². The smallest absolute Gasteiger partial charge is 0.208 e. The van der Waals surface area contributed by atoms with Gasteiger partial charge in [0.2, 0.25) is 10.0 Å². The van der Waals surface area contributed by atoms with Crippen molar-refractivity contribution < 1.29 is 12.8 Å². The van der Waals surface area contributed by atoms with Crippen LogP contribution in [0.2, 0.25) is 0 Å². The van der Waals surface area contributed by atoms with Gasteiger partial charge in [0.15, 0.2) is 0 Å². The molecule has 1 aromatic heterocycles. The Morgan fingerprint density at radius 3 is 2.96 bits per heavy atom. The van der Waals surface area contributed by atoms with Crippen molar-refractivity contribution in [2.75, 3.05) is 39.5 Å². The zero-order valence-corrected chi connectivity index (χ0v) is 15.4. The fourth-order valence-electron chi connectivity index (χ4n) is 2.97. The monoisotopic (exact) mass is 363 g/mol. The van der Waals surface area contributed by atoms with E-state index in [4.69, 9.17) is 0 Å². The first kappa shape index (κ1) is 18.8. The molecule has 8 heteroatoms. The fraction of sp³-hybridized carbons (Fsp3) is 0.733. The Kier molecular flexibility index (Phi) is 6.97. The van der Waals surface area contributed by atoms with Crippen LogP contribution >= 0.6 is 11.3 Å². The van der Waals surface area contributed by atoms with E-state index in [-0.39, 0.29) is 6.04 Å². The fourth-order valence-corrected chi connectivity index (χ4v) is 4.21. The van der Waals surface area contributed by atoms with Crippen LogP contribution in [0.1, 0.15) is 17.7 Å². The van der Waals surface area contributed by atoms with Crippen LogP contribution in [0.3, 0.4) is 0 Å². The molecule has 1 fully saturated rings. The summed E-state index contributed by atoms with van der Waals surface area (Å²) in [5, 5.41) is 2.05. The Morgan fingerprint density at radius 2 is 2.30 bits per heavy atom. The molecule has 2 atom stereocenters. The predicted molar refractivity (Wildman–Crippen MR) is 93.0 cm³/mol. The van der Waals surface area contributed by atoms with Crippen LogP contribution in [0.4, 0.5) is 4.39 Å². The molecule has 2 rings (SSSR count). The first-order chi connectivity index (χ1) is 10.8. The molecule has 0 unspecified atom stereocenters. The summed E-state index contributed by atoms with van der Waals surface area (Å²) < 4.78 is 38.3. The van der Waals surface area contributed by atoms with Crippen LogP contribution in [0.25, 0.3) is 0 Å². The van der Waals surface area contributed by atoms with E-state index < -0.39 is 16.2 Å². The van der Waals surface area contributed by atoms with E-state index in [0.29, 0.717) is 19.5 Å². The summed E-state index contributed by atoms with van der Waals surface area (Å²) in [6.07, 6.45) is 1.75. The number of likely N-dealkylation sites (N-methyl/N-ethyl adjacent to an activating group) is 1. The van der Waals surface area contributed by atoms with Crippen LogP contribution in [0.15, 0.2) is 17.5 Å². The number of likely N-dealkylation sites (tertiary alicyclic amines) is 1. The van der Waals surface area contributed by atoms with Gasteiger partial charge in [0.05, 0.1) is 6.26 Å². The van der Waals surface area contributed by atoms with E-state index in [9.17, 15) is 12.8 Å². The lowest BCUT2D eigenvalue weighted by Gasteiger charge is -2.28. The van der Waals surface area contributed by atoms with Gasteiger partial charge in [-0.25, -0.2) is 17.5 Å². The zero-order chi connectivity index (χ0) is 16.9. The van der Waals surface area contributed by atoms with Crippen molar-refractivity contribution >= 4 is 21.4 Å². The van der Waals surface area contributed by atoms with Gasteiger partial charge in [0, 0.05) is 37.1 Å². The van der Waals surface area contributed by atoms with Crippen molar-refractivity contribution in [2.24, 2.45) is 0 Å². The minimum absolute atomic E-state index is 0.222. The molecule has 1 N–H and O–H groups in total. The number of sulfonamides is 1. The molecule has 0 bridgehead atoms. The lowest BCUT2D eigenvalue weighted by Crippen LogP contribution is -2.39. The van der Waals surface area contributed by atoms with E-state index in [0.717, 1.165) is 26.1 Å². The molecule has 1 saturated heterocycles. The number of thiophene rings is 1. The highest BCUT2D eigenvalue weighted by Crippen LogP contribution is 2.24. The number of halogens is 1. The molecule has 1 aromatic rings. The third-order valence-electron chi connectivity index (χ3n) is 4.02. The molecule has 0 amide bonds. The van der Waals surface area contributed by atoms with Crippen LogP contribution < -0.4 is 4.72 Å². The Hall–Kier alpha value is -0.540. The minimum Gasteiger partial charge on any atom is -0.305 e. The highest BCUT2D eigenvalue weighted by molar-refractivity contribution is 7.88. The number of nitrogens with zero attached hydrogens (tertiary/aromatic N) is 2. The number of nitrogens with one attached hydrogen (secondary N) is 1. The van der Waals surface area contributed by atoms with Crippen LogP contribution in [0, 0.1) is 0 Å². The SMILES string of the molecule is CN(CCCNS(C)(=O)=O)C[C@@H]1C[C@H](F)CN1Cc1cccs1. The maximum absolute atomic E-state index is 13.8. The van der Waals surface area contributed by atoms with Gasteiger partial charge in [-0.3, -0.25) is 4.90 Å². The average Bonchev–Trinajstić information content (AvgIpc) is 3.05. The van der Waals surface area contributed by atoms with Crippen molar-refractivity contribution in [3.8, 4) is 0 Å². The number of alkyl halides is 1. The van der Waals surface area contributed by atoms with Gasteiger partial charge < -0.3 is 4.90 Å². The summed E-state index contributed by atoms with van der Waals surface area (Å²) in [7, 11) is -1.11. The van der Waals surface area contributed by atoms with Gasteiger partial charge in [-0.05, 0) is 37.9 Å². The molecule has 2 heterocycles. The topological polar surface area (TPSA) is 52.7 Å². The number of hydrogen-bond donors (Lipinski definition) is 1. The van der Waals surface area contributed by atoms with E-state index in [1.54, 1.807) is 11.3 Å². The molecular weight excluding hydrogens is 337 g/mol. The number of hydrogen-bond acceptors (Lipinski definition) is 5. The second-order valence-electron chi connectivity index (χ2n) is 6.28. The second kappa shape index (κ2) is 8.53. The summed E-state index contributed by atoms with van der Waals surface area (Å²) in [4.78, 5) is 5.65. The third kappa shape index (κ3) is 6.84. The minimum atomic E-state index is -3.11. The van der Waals surface area contributed by atoms with E-state index in [1.165, 1.54) is 11.1 Å². The largest absolute Gasteiger partial charge is 0.305 e. The number of rotatable bonds is 9. The van der Waals surface area contributed by atoms with E-state index in [1.807, 2.05) is 18.5 Å². The molecule has 132 valence electrons.